The molecule has 0 aromatic carbocycles. The fourth-order valence-corrected chi connectivity index (χ4v) is 0.490. The van der Waals surface area contributed by atoms with Crippen molar-refractivity contribution in [2.24, 2.45) is 0 Å². The van der Waals surface area contributed by atoms with Crippen LogP contribution in [-0.4, -0.2) is 5.88 Å². The van der Waals surface area contributed by atoms with Crippen molar-refractivity contribution >= 4 is 23.2 Å². The zero-order valence-electron chi connectivity index (χ0n) is 4.48. The quantitative estimate of drug-likeness (QED) is 0.429. The van der Waals surface area contributed by atoms with Crippen molar-refractivity contribution in [2.45, 2.75) is 6.42 Å². The molecule has 0 N–H and O–H groups in total. The van der Waals surface area contributed by atoms with Crippen LogP contribution in [0.25, 0.3) is 0 Å². The highest BCUT2D eigenvalue weighted by Gasteiger charge is 1.69. The van der Waals surface area contributed by atoms with E-state index in [4.69, 9.17) is 23.2 Å². The fourth-order valence-electron chi connectivity index (χ4n) is 0.280. The Morgan fingerprint density at radius 3 is 2.50 bits per heavy atom. The molecular formula is C6H8Cl2. The average molecular weight is 151 g/mol. The van der Waals surface area contributed by atoms with Gasteiger partial charge in [-0.3, -0.25) is 0 Å². The predicted molar refractivity (Wildman–Crippen MR) is 39.5 cm³/mol. The predicted octanol–water partition coefficient (Wildman–Crippen LogP) is 2.92. The summed E-state index contributed by atoms with van der Waals surface area (Å²) in [5, 5.41) is 0. The van der Waals surface area contributed by atoms with Crippen LogP contribution < -0.4 is 0 Å². The molecule has 0 aromatic heterocycles. The zero-order valence-corrected chi connectivity index (χ0v) is 5.99. The van der Waals surface area contributed by atoms with Crippen molar-refractivity contribution in [3.8, 4) is 0 Å². The van der Waals surface area contributed by atoms with E-state index in [0.717, 1.165) is 6.42 Å². The maximum atomic E-state index is 5.37. The number of rotatable bonds is 3. The van der Waals surface area contributed by atoms with Crippen LogP contribution >= 0.6 is 23.2 Å². The van der Waals surface area contributed by atoms with Crippen LogP contribution in [0.1, 0.15) is 6.42 Å². The average Bonchev–Trinajstić information content (AvgIpc) is 1.81. The number of halogens is 2. The summed E-state index contributed by atoms with van der Waals surface area (Å²) in [4.78, 5) is 0. The molecule has 0 saturated heterocycles. The van der Waals surface area contributed by atoms with Gasteiger partial charge >= 0.3 is 0 Å². The maximum absolute atomic E-state index is 5.37. The Bertz CT molecular complexity index is 84.5. The molecule has 0 unspecified atom stereocenters. The lowest BCUT2D eigenvalue weighted by Gasteiger charge is -1.76. The second-order valence-electron chi connectivity index (χ2n) is 1.22. The molecule has 0 aromatic rings. The Balaban J connectivity index is 3.07. The molecule has 2 heteroatoms. The third kappa shape index (κ3) is 6.06. The molecule has 0 aliphatic rings. The van der Waals surface area contributed by atoms with Crippen LogP contribution in [0.4, 0.5) is 0 Å². The van der Waals surface area contributed by atoms with Gasteiger partial charge in [-0.1, -0.05) is 29.8 Å². The van der Waals surface area contributed by atoms with E-state index in [-0.39, 0.29) is 0 Å². The number of hydrogen-bond donors (Lipinski definition) is 0. The summed E-state index contributed by atoms with van der Waals surface area (Å²) in [6.45, 7) is 0. The second-order valence-corrected chi connectivity index (χ2v) is 1.85. The Morgan fingerprint density at radius 2 is 2.00 bits per heavy atom. The van der Waals surface area contributed by atoms with Crippen LogP contribution in [-0.2, 0) is 0 Å². The van der Waals surface area contributed by atoms with Crippen LogP contribution in [0, 0.1) is 0 Å². The van der Waals surface area contributed by atoms with Gasteiger partial charge in [0.1, 0.15) is 0 Å². The molecule has 0 saturated carbocycles. The van der Waals surface area contributed by atoms with E-state index >= 15 is 0 Å². The zero-order chi connectivity index (χ0) is 6.24. The third-order valence-electron chi connectivity index (χ3n) is 0.596. The van der Waals surface area contributed by atoms with E-state index in [9.17, 15) is 0 Å². The summed E-state index contributed by atoms with van der Waals surface area (Å²) in [7, 11) is 0. The third-order valence-corrected chi connectivity index (χ3v) is 0.959. The lowest BCUT2D eigenvalue weighted by molar-refractivity contribution is 1.24. The molecule has 0 amide bonds. The Morgan fingerprint density at radius 1 is 1.25 bits per heavy atom. The van der Waals surface area contributed by atoms with Gasteiger partial charge in [-0.05, 0) is 6.42 Å². The van der Waals surface area contributed by atoms with Gasteiger partial charge in [0.25, 0.3) is 0 Å². The van der Waals surface area contributed by atoms with E-state index in [0.29, 0.717) is 5.88 Å². The Hall–Kier alpha value is 0.0600. The summed E-state index contributed by atoms with van der Waals surface area (Å²) in [5.41, 5.74) is 1.46. The highest BCUT2D eigenvalue weighted by Crippen LogP contribution is 1.87. The summed E-state index contributed by atoms with van der Waals surface area (Å²) >= 11 is 10.6. The van der Waals surface area contributed by atoms with Crippen LogP contribution in [0.2, 0.25) is 0 Å². The fraction of sp³-hybridized carbons (Fsp3) is 0.333. The Labute approximate surface area is 59.8 Å². The lowest BCUT2D eigenvalue weighted by Crippen LogP contribution is -1.63. The summed E-state index contributed by atoms with van der Waals surface area (Å²) in [6.07, 6.45) is 6.50. The van der Waals surface area contributed by atoms with Gasteiger partial charge < -0.3 is 0 Å². The SMILES string of the molecule is ClC=CC=CCCCl. The normalized spacial score (nSPS) is 11.8. The van der Waals surface area contributed by atoms with E-state index in [1.165, 1.54) is 5.54 Å². The molecule has 0 aliphatic carbocycles. The van der Waals surface area contributed by atoms with Crippen molar-refractivity contribution in [1.29, 1.82) is 0 Å². The smallest absolute Gasteiger partial charge is 0.0258 e. The molecule has 0 fully saturated rings. The number of allylic oxidation sites excluding steroid dienone is 3. The van der Waals surface area contributed by atoms with E-state index < -0.39 is 0 Å². The summed E-state index contributed by atoms with van der Waals surface area (Å²) in [6, 6.07) is 0. The van der Waals surface area contributed by atoms with Crippen LogP contribution in [0.15, 0.2) is 23.8 Å². The highest BCUT2D eigenvalue weighted by molar-refractivity contribution is 6.25. The lowest BCUT2D eigenvalue weighted by atomic mass is 10.4. The van der Waals surface area contributed by atoms with Gasteiger partial charge in [0.05, 0.1) is 0 Å². The van der Waals surface area contributed by atoms with Gasteiger partial charge in [-0.25, -0.2) is 0 Å². The maximum Gasteiger partial charge on any atom is 0.0258 e. The van der Waals surface area contributed by atoms with Crippen molar-refractivity contribution in [3.63, 3.8) is 0 Å². The van der Waals surface area contributed by atoms with Gasteiger partial charge in [-0.15, -0.1) is 11.6 Å². The highest BCUT2D eigenvalue weighted by atomic mass is 35.5. The molecule has 0 heterocycles. The minimum Gasteiger partial charge on any atom is -0.126 e. The molecule has 0 rings (SSSR count). The monoisotopic (exact) mass is 150 g/mol. The topological polar surface area (TPSA) is 0 Å². The molecule has 0 atom stereocenters. The second kappa shape index (κ2) is 7.06. The number of alkyl halides is 1. The first-order valence-corrected chi connectivity index (χ1v) is 3.36. The molecule has 0 spiro atoms. The van der Waals surface area contributed by atoms with Crippen LogP contribution in [0.5, 0.6) is 0 Å². The summed E-state index contributed by atoms with van der Waals surface area (Å²) < 4.78 is 0. The van der Waals surface area contributed by atoms with Crippen molar-refractivity contribution < 1.29 is 0 Å². The van der Waals surface area contributed by atoms with E-state index in [1.807, 2.05) is 12.2 Å². The Kier molecular flexibility index (Phi) is 7.11. The van der Waals surface area contributed by atoms with Crippen molar-refractivity contribution in [1.82, 2.24) is 0 Å². The van der Waals surface area contributed by atoms with Gasteiger partial charge in [0.2, 0.25) is 0 Å². The van der Waals surface area contributed by atoms with Gasteiger partial charge in [0, 0.05) is 11.4 Å². The summed E-state index contributed by atoms with van der Waals surface area (Å²) in [5.74, 6) is 0.673. The molecule has 0 bridgehead atoms. The first-order valence-electron chi connectivity index (χ1n) is 2.39. The van der Waals surface area contributed by atoms with E-state index in [2.05, 4.69) is 0 Å². The number of hydrogen-bond acceptors (Lipinski definition) is 0. The molecule has 46 valence electrons. The van der Waals surface area contributed by atoms with Crippen LogP contribution in [0.3, 0.4) is 0 Å². The first-order chi connectivity index (χ1) is 3.91. The first kappa shape index (κ1) is 8.06. The minimum atomic E-state index is 0.673. The van der Waals surface area contributed by atoms with Gasteiger partial charge in [0.15, 0.2) is 0 Å². The molecule has 0 radical (unpaired) electrons. The van der Waals surface area contributed by atoms with Gasteiger partial charge in [-0.2, -0.15) is 0 Å². The van der Waals surface area contributed by atoms with Crippen molar-refractivity contribution in [3.05, 3.63) is 23.8 Å². The van der Waals surface area contributed by atoms with Crippen molar-refractivity contribution in [2.75, 3.05) is 5.88 Å². The minimum absolute atomic E-state index is 0.673. The standard InChI is InChI=1S/C6H8Cl2/c7-5-3-1-2-4-6-8/h1-3,5H,4,6H2. The molecule has 0 nitrogen and oxygen atoms in total. The largest absolute Gasteiger partial charge is 0.126 e. The molecular weight excluding hydrogens is 143 g/mol. The molecule has 0 aliphatic heterocycles. The molecule has 8 heavy (non-hydrogen) atoms. The van der Waals surface area contributed by atoms with E-state index in [1.54, 1.807) is 6.08 Å².